The maximum Gasteiger partial charge on any atom is 0.272 e. The van der Waals surface area contributed by atoms with E-state index in [-0.39, 0.29) is 24.0 Å². The van der Waals surface area contributed by atoms with Gasteiger partial charge in [-0.3, -0.25) is 14.7 Å². The quantitative estimate of drug-likeness (QED) is 0.431. The molecule has 9 heteroatoms. The van der Waals surface area contributed by atoms with Crippen LogP contribution in [0.15, 0.2) is 54.9 Å². The standard InChI is InChI=1S/C23H20N6O3/c30-17-9-16-8-15(6-7-18(16)32-12-17)11-25-23(31)21-19-20(26-13-27-21)22(29-28-19)24-10-14-4-2-1-3-5-14/h1-8,13H,9-12H2,(H,25,31)(H2,24,28,29). The molecule has 0 unspecified atom stereocenters. The van der Waals surface area contributed by atoms with Crippen molar-refractivity contribution in [3.05, 3.63) is 77.2 Å². The van der Waals surface area contributed by atoms with Crippen molar-refractivity contribution in [1.82, 2.24) is 25.5 Å². The predicted molar refractivity (Wildman–Crippen MR) is 117 cm³/mol. The molecule has 0 fully saturated rings. The number of nitrogens with zero attached hydrogens (tertiary/aromatic N) is 3. The molecule has 2 aromatic heterocycles. The van der Waals surface area contributed by atoms with E-state index in [1.54, 1.807) is 0 Å². The molecule has 4 aromatic rings. The summed E-state index contributed by atoms with van der Waals surface area (Å²) in [5.74, 6) is 0.962. The van der Waals surface area contributed by atoms with E-state index in [1.165, 1.54) is 6.33 Å². The number of hydrogen-bond donors (Lipinski definition) is 3. The Morgan fingerprint density at radius 1 is 1.06 bits per heavy atom. The highest BCUT2D eigenvalue weighted by Crippen LogP contribution is 2.25. The lowest BCUT2D eigenvalue weighted by Gasteiger charge is -2.17. The molecule has 0 saturated heterocycles. The number of carbonyl (C=O) groups is 2. The fourth-order valence-electron chi connectivity index (χ4n) is 3.62. The maximum atomic E-state index is 12.8. The van der Waals surface area contributed by atoms with E-state index in [4.69, 9.17) is 4.74 Å². The minimum Gasteiger partial charge on any atom is -0.486 e. The van der Waals surface area contributed by atoms with Crippen molar-refractivity contribution in [3.8, 4) is 5.75 Å². The molecule has 9 nitrogen and oxygen atoms in total. The third-order valence-corrected chi connectivity index (χ3v) is 5.22. The van der Waals surface area contributed by atoms with Crippen molar-refractivity contribution in [2.45, 2.75) is 19.5 Å². The lowest BCUT2D eigenvalue weighted by atomic mass is 10.0. The van der Waals surface area contributed by atoms with Crippen LogP contribution in [0.3, 0.4) is 0 Å². The lowest BCUT2D eigenvalue weighted by molar-refractivity contribution is -0.121. The second-order valence-corrected chi connectivity index (χ2v) is 7.49. The average molecular weight is 428 g/mol. The Labute approximate surface area is 183 Å². The van der Waals surface area contributed by atoms with Gasteiger partial charge < -0.3 is 15.4 Å². The van der Waals surface area contributed by atoms with E-state index in [1.807, 2.05) is 48.5 Å². The molecule has 0 radical (unpaired) electrons. The largest absolute Gasteiger partial charge is 0.486 e. The fraction of sp³-hybridized carbons (Fsp3) is 0.174. The summed E-state index contributed by atoms with van der Waals surface area (Å²) in [5, 5.41) is 13.2. The molecule has 0 aliphatic carbocycles. The molecule has 3 heterocycles. The van der Waals surface area contributed by atoms with Gasteiger partial charge >= 0.3 is 0 Å². The number of nitrogens with one attached hydrogen (secondary N) is 3. The first kappa shape index (κ1) is 19.7. The molecule has 0 saturated carbocycles. The molecule has 1 aliphatic rings. The number of ketones is 1. The van der Waals surface area contributed by atoms with Gasteiger partial charge in [0.2, 0.25) is 0 Å². The number of amides is 1. The van der Waals surface area contributed by atoms with Crippen LogP contribution >= 0.6 is 0 Å². The van der Waals surface area contributed by atoms with Gasteiger partial charge in [0.1, 0.15) is 29.7 Å². The number of benzene rings is 2. The zero-order chi connectivity index (χ0) is 21.9. The first-order valence-corrected chi connectivity index (χ1v) is 10.2. The molecule has 32 heavy (non-hydrogen) atoms. The van der Waals surface area contributed by atoms with Crippen LogP contribution in [0, 0.1) is 0 Å². The average Bonchev–Trinajstić information content (AvgIpc) is 3.25. The molecule has 1 aliphatic heterocycles. The number of Topliss-reactive ketones (excluding diaryl/α,β-unsaturated/α-hetero) is 1. The third-order valence-electron chi connectivity index (χ3n) is 5.22. The first-order chi connectivity index (χ1) is 15.7. The third kappa shape index (κ3) is 4.00. The highest BCUT2D eigenvalue weighted by Gasteiger charge is 2.19. The topological polar surface area (TPSA) is 122 Å². The summed E-state index contributed by atoms with van der Waals surface area (Å²) in [6, 6.07) is 15.5. The van der Waals surface area contributed by atoms with Crippen LogP contribution in [0.2, 0.25) is 0 Å². The summed E-state index contributed by atoms with van der Waals surface area (Å²) in [7, 11) is 0. The number of aromatic nitrogens is 4. The van der Waals surface area contributed by atoms with Gasteiger partial charge in [-0.25, -0.2) is 9.97 Å². The van der Waals surface area contributed by atoms with Crippen LogP contribution in [0.25, 0.3) is 11.0 Å². The van der Waals surface area contributed by atoms with E-state index in [2.05, 4.69) is 30.8 Å². The van der Waals surface area contributed by atoms with Gasteiger partial charge in [0.25, 0.3) is 5.91 Å². The van der Waals surface area contributed by atoms with Crippen LogP contribution in [0.4, 0.5) is 5.82 Å². The van der Waals surface area contributed by atoms with Crippen molar-refractivity contribution in [2.24, 2.45) is 0 Å². The molecule has 2 aromatic carbocycles. The van der Waals surface area contributed by atoms with Gasteiger partial charge in [0.05, 0.1) is 0 Å². The summed E-state index contributed by atoms with van der Waals surface area (Å²) in [6.07, 6.45) is 1.69. The van der Waals surface area contributed by atoms with E-state index in [9.17, 15) is 9.59 Å². The normalized spacial score (nSPS) is 12.8. The van der Waals surface area contributed by atoms with Crippen molar-refractivity contribution in [3.63, 3.8) is 0 Å². The SMILES string of the molecule is O=C1COc2ccc(CNC(=O)c3ncnc4c(NCc5ccccc5)n[nH]c34)cc2C1. The zero-order valence-corrected chi connectivity index (χ0v) is 17.1. The molecule has 5 rings (SSSR count). The van der Waals surface area contributed by atoms with Gasteiger partial charge in [-0.05, 0) is 23.3 Å². The summed E-state index contributed by atoms with van der Waals surface area (Å²) < 4.78 is 5.41. The number of rotatable bonds is 6. The van der Waals surface area contributed by atoms with Gasteiger partial charge in [-0.2, -0.15) is 5.10 Å². The van der Waals surface area contributed by atoms with Crippen molar-refractivity contribution < 1.29 is 14.3 Å². The van der Waals surface area contributed by atoms with Gasteiger partial charge in [-0.1, -0.05) is 36.4 Å². The minimum absolute atomic E-state index is 0.0398. The van der Waals surface area contributed by atoms with Crippen molar-refractivity contribution >= 4 is 28.5 Å². The Hall–Kier alpha value is -4.27. The van der Waals surface area contributed by atoms with Crippen LogP contribution in [-0.4, -0.2) is 38.5 Å². The van der Waals surface area contributed by atoms with Crippen molar-refractivity contribution in [2.75, 3.05) is 11.9 Å². The molecule has 0 atom stereocenters. The number of ether oxygens (including phenoxy) is 1. The molecule has 3 N–H and O–H groups in total. The summed E-state index contributed by atoms with van der Waals surface area (Å²) in [4.78, 5) is 32.9. The monoisotopic (exact) mass is 428 g/mol. The summed E-state index contributed by atoms with van der Waals surface area (Å²) in [6.45, 7) is 0.981. The highest BCUT2D eigenvalue weighted by molar-refractivity contribution is 6.04. The van der Waals surface area contributed by atoms with Crippen LogP contribution < -0.4 is 15.4 Å². The number of anilines is 1. The number of fused-ring (bicyclic) bond motifs is 2. The van der Waals surface area contributed by atoms with Crippen LogP contribution in [0.5, 0.6) is 5.75 Å². The number of carbonyl (C=O) groups excluding carboxylic acids is 2. The number of hydrogen-bond acceptors (Lipinski definition) is 7. The minimum atomic E-state index is -0.347. The fourth-order valence-corrected chi connectivity index (χ4v) is 3.62. The molecule has 0 spiro atoms. The van der Waals surface area contributed by atoms with Gasteiger partial charge in [0.15, 0.2) is 17.3 Å². The smallest absolute Gasteiger partial charge is 0.272 e. The summed E-state index contributed by atoms with van der Waals surface area (Å²) >= 11 is 0. The Bertz CT molecular complexity index is 1300. The molecule has 0 bridgehead atoms. The number of aromatic amines is 1. The first-order valence-electron chi connectivity index (χ1n) is 10.2. The highest BCUT2D eigenvalue weighted by atomic mass is 16.5. The van der Waals surface area contributed by atoms with E-state index in [0.717, 1.165) is 16.7 Å². The molecule has 160 valence electrons. The van der Waals surface area contributed by atoms with Gasteiger partial charge in [0, 0.05) is 25.1 Å². The van der Waals surface area contributed by atoms with Gasteiger partial charge in [-0.15, -0.1) is 0 Å². The Morgan fingerprint density at radius 2 is 1.94 bits per heavy atom. The van der Waals surface area contributed by atoms with Crippen LogP contribution in [-0.2, 0) is 24.3 Å². The zero-order valence-electron chi connectivity index (χ0n) is 17.1. The van der Waals surface area contributed by atoms with Crippen molar-refractivity contribution in [1.29, 1.82) is 0 Å². The predicted octanol–water partition coefficient (Wildman–Crippen LogP) is 2.40. The van der Waals surface area contributed by atoms with Crippen LogP contribution in [0.1, 0.15) is 27.2 Å². The Morgan fingerprint density at radius 3 is 2.81 bits per heavy atom. The van der Waals surface area contributed by atoms with E-state index < -0.39 is 0 Å². The van der Waals surface area contributed by atoms with E-state index >= 15 is 0 Å². The van der Waals surface area contributed by atoms with E-state index in [0.29, 0.717) is 42.1 Å². The molecular formula is C23H20N6O3. The summed E-state index contributed by atoms with van der Waals surface area (Å²) in [5.41, 5.74) is 4.03. The second kappa shape index (κ2) is 8.46. The lowest BCUT2D eigenvalue weighted by Crippen LogP contribution is -2.25. The Kier molecular flexibility index (Phi) is 5.20. The maximum absolute atomic E-state index is 12.8. The number of H-pyrrole nitrogens is 1. The second-order valence-electron chi connectivity index (χ2n) is 7.49. The Balaban J connectivity index is 1.29. The molecular weight excluding hydrogens is 408 g/mol. The molecule has 1 amide bonds.